The topological polar surface area (TPSA) is 99.4 Å². The molecule has 0 amide bonds. The highest BCUT2D eigenvalue weighted by molar-refractivity contribution is 5.92. The van der Waals surface area contributed by atoms with E-state index < -0.39 is 0 Å². The van der Waals surface area contributed by atoms with Gasteiger partial charge in [0.25, 0.3) is 0 Å². The predicted molar refractivity (Wildman–Crippen MR) is 137 cm³/mol. The highest BCUT2D eigenvalue weighted by atomic mass is 16.5. The fraction of sp³-hybridized carbons (Fsp3) is 0.200. The Morgan fingerprint density at radius 1 is 0.556 bits per heavy atom. The van der Waals surface area contributed by atoms with Gasteiger partial charge in [-0.1, -0.05) is 6.07 Å². The molecule has 182 valence electrons. The minimum absolute atomic E-state index is 0.0690. The Kier molecular flexibility index (Phi) is 5.00. The smallest absolute Gasteiger partial charge is 0.130 e. The highest BCUT2D eigenvalue weighted by Gasteiger charge is 2.29. The largest absolute Gasteiger partial charge is 0.508 e. The zero-order valence-electron chi connectivity index (χ0n) is 20.1. The van der Waals surface area contributed by atoms with E-state index in [4.69, 9.17) is 9.47 Å². The van der Waals surface area contributed by atoms with Crippen LogP contribution in [-0.2, 0) is 25.7 Å². The van der Waals surface area contributed by atoms with Gasteiger partial charge in [-0.05, 0) is 89.4 Å². The molecule has 6 nitrogen and oxygen atoms in total. The van der Waals surface area contributed by atoms with Crippen LogP contribution in [0.4, 0.5) is 0 Å². The van der Waals surface area contributed by atoms with Crippen LogP contribution in [0.15, 0.2) is 48.5 Å². The highest BCUT2D eigenvalue weighted by Crippen LogP contribution is 2.52. The molecule has 2 aliphatic rings. The number of aryl methyl sites for hydroxylation is 3. The number of hydrogen-bond acceptors (Lipinski definition) is 6. The molecular formula is C30H26O6. The fourth-order valence-corrected chi connectivity index (χ4v) is 5.82. The first-order valence-corrected chi connectivity index (χ1v) is 11.9. The Hall–Kier alpha value is -4.32. The van der Waals surface area contributed by atoms with Gasteiger partial charge in [0.05, 0.1) is 14.2 Å². The van der Waals surface area contributed by atoms with Gasteiger partial charge < -0.3 is 29.9 Å². The second-order valence-electron chi connectivity index (χ2n) is 9.38. The van der Waals surface area contributed by atoms with Crippen molar-refractivity contribution in [2.75, 3.05) is 14.2 Å². The van der Waals surface area contributed by atoms with Crippen LogP contribution >= 0.6 is 0 Å². The molecule has 4 N–H and O–H groups in total. The third-order valence-electron chi connectivity index (χ3n) is 7.43. The fourth-order valence-electron chi connectivity index (χ4n) is 5.82. The van der Waals surface area contributed by atoms with Crippen molar-refractivity contribution in [1.29, 1.82) is 0 Å². The third kappa shape index (κ3) is 3.25. The number of phenols is 4. The maximum Gasteiger partial charge on any atom is 0.130 e. The number of fused-ring (bicyclic) bond motifs is 6. The molecule has 2 aliphatic carbocycles. The number of aromatic hydroxyl groups is 4. The summed E-state index contributed by atoms with van der Waals surface area (Å²) in [4.78, 5) is 0. The SMILES string of the molecule is COc1cc(O)c2c(c1)CCc1cc(-c3c(OC)cc(O)c4c3CCc3cc(O)ccc3-4)c(O)cc1-2. The van der Waals surface area contributed by atoms with Crippen molar-refractivity contribution in [2.45, 2.75) is 25.7 Å². The van der Waals surface area contributed by atoms with E-state index in [0.717, 1.165) is 51.8 Å². The molecule has 0 spiro atoms. The molecule has 0 saturated heterocycles. The maximum absolute atomic E-state index is 11.3. The summed E-state index contributed by atoms with van der Waals surface area (Å²) >= 11 is 0. The van der Waals surface area contributed by atoms with E-state index >= 15 is 0 Å². The molecule has 0 aliphatic heterocycles. The quantitative estimate of drug-likeness (QED) is 0.298. The van der Waals surface area contributed by atoms with Crippen LogP contribution in [0.25, 0.3) is 33.4 Å². The first-order valence-electron chi connectivity index (χ1n) is 11.9. The van der Waals surface area contributed by atoms with E-state index in [1.807, 2.05) is 18.2 Å². The number of phenolic OH excluding ortho intramolecular Hbond substituents is 4. The average Bonchev–Trinajstić information content (AvgIpc) is 2.87. The lowest BCUT2D eigenvalue weighted by atomic mass is 9.79. The summed E-state index contributed by atoms with van der Waals surface area (Å²) in [7, 11) is 3.12. The summed E-state index contributed by atoms with van der Waals surface area (Å²) in [5, 5.41) is 43.0. The zero-order valence-corrected chi connectivity index (χ0v) is 20.1. The van der Waals surface area contributed by atoms with Crippen molar-refractivity contribution < 1.29 is 29.9 Å². The van der Waals surface area contributed by atoms with Crippen LogP contribution in [0.2, 0.25) is 0 Å². The molecule has 0 bridgehead atoms. The third-order valence-corrected chi connectivity index (χ3v) is 7.43. The van der Waals surface area contributed by atoms with E-state index in [9.17, 15) is 20.4 Å². The monoisotopic (exact) mass is 482 g/mol. The predicted octanol–water partition coefficient (Wildman–Crippen LogP) is 5.72. The molecule has 0 fully saturated rings. The number of benzene rings is 4. The van der Waals surface area contributed by atoms with Gasteiger partial charge in [0.2, 0.25) is 0 Å². The van der Waals surface area contributed by atoms with E-state index in [1.54, 1.807) is 44.6 Å². The Morgan fingerprint density at radius 2 is 1.28 bits per heavy atom. The van der Waals surface area contributed by atoms with Crippen molar-refractivity contribution in [3.05, 3.63) is 70.8 Å². The standard InChI is InChI=1S/C30H26O6/c1-35-19-10-17-4-3-16-11-23(24(32)13-22(16)28(17)25(33)12-19)30-21-7-5-15-9-18(31)6-8-20(15)29(21)26(34)14-27(30)36-2/h6,8-14,31-34H,3-5,7H2,1-2H3. The Balaban J connectivity index is 1.58. The van der Waals surface area contributed by atoms with Gasteiger partial charge in [0.15, 0.2) is 0 Å². The van der Waals surface area contributed by atoms with Crippen LogP contribution < -0.4 is 9.47 Å². The molecule has 0 heterocycles. The van der Waals surface area contributed by atoms with Crippen molar-refractivity contribution in [1.82, 2.24) is 0 Å². The molecule has 4 aromatic carbocycles. The molecule has 36 heavy (non-hydrogen) atoms. The zero-order chi connectivity index (χ0) is 25.1. The van der Waals surface area contributed by atoms with Crippen molar-refractivity contribution in [3.63, 3.8) is 0 Å². The Morgan fingerprint density at radius 3 is 2.06 bits per heavy atom. The van der Waals surface area contributed by atoms with Gasteiger partial charge in [-0.25, -0.2) is 0 Å². The van der Waals surface area contributed by atoms with E-state index in [0.29, 0.717) is 41.0 Å². The van der Waals surface area contributed by atoms with Crippen molar-refractivity contribution in [2.24, 2.45) is 0 Å². The van der Waals surface area contributed by atoms with Crippen LogP contribution in [0.1, 0.15) is 22.3 Å². The number of rotatable bonds is 3. The van der Waals surface area contributed by atoms with Crippen LogP contribution in [0, 0.1) is 0 Å². The molecular weight excluding hydrogens is 456 g/mol. The molecule has 0 radical (unpaired) electrons. The van der Waals surface area contributed by atoms with Gasteiger partial charge in [-0.3, -0.25) is 0 Å². The van der Waals surface area contributed by atoms with Gasteiger partial charge in [-0.15, -0.1) is 0 Å². The normalized spacial score (nSPS) is 13.3. The molecule has 0 saturated carbocycles. The molecule has 4 aromatic rings. The summed E-state index contributed by atoms with van der Waals surface area (Å²) < 4.78 is 11.0. The van der Waals surface area contributed by atoms with Crippen molar-refractivity contribution in [3.8, 4) is 67.9 Å². The number of ether oxygens (including phenoxy) is 2. The second kappa shape index (κ2) is 8.12. The van der Waals surface area contributed by atoms with Gasteiger partial charge in [0, 0.05) is 34.4 Å². The summed E-state index contributed by atoms with van der Waals surface area (Å²) in [6.07, 6.45) is 2.78. The van der Waals surface area contributed by atoms with Crippen LogP contribution in [-0.4, -0.2) is 34.6 Å². The molecule has 0 atom stereocenters. The number of methoxy groups -OCH3 is 2. The number of hydrogen-bond donors (Lipinski definition) is 4. The molecule has 0 unspecified atom stereocenters. The van der Waals surface area contributed by atoms with E-state index in [1.165, 1.54) is 0 Å². The minimum Gasteiger partial charge on any atom is -0.508 e. The van der Waals surface area contributed by atoms with Crippen LogP contribution in [0.5, 0.6) is 34.5 Å². The molecule has 0 aromatic heterocycles. The average molecular weight is 483 g/mol. The summed E-state index contributed by atoms with van der Waals surface area (Å²) in [5.74, 6) is 1.56. The lowest BCUT2D eigenvalue weighted by Gasteiger charge is -2.27. The first-order chi connectivity index (χ1) is 17.4. The minimum atomic E-state index is 0.0690. The lowest BCUT2D eigenvalue weighted by Crippen LogP contribution is -2.08. The van der Waals surface area contributed by atoms with Crippen LogP contribution in [0.3, 0.4) is 0 Å². The van der Waals surface area contributed by atoms with E-state index in [2.05, 4.69) is 0 Å². The van der Waals surface area contributed by atoms with Gasteiger partial charge >= 0.3 is 0 Å². The second-order valence-corrected chi connectivity index (χ2v) is 9.38. The van der Waals surface area contributed by atoms with Gasteiger partial charge in [-0.2, -0.15) is 0 Å². The molecule has 6 rings (SSSR count). The van der Waals surface area contributed by atoms with Crippen molar-refractivity contribution >= 4 is 0 Å². The Bertz CT molecular complexity index is 1550. The Labute approximate surface area is 208 Å². The lowest BCUT2D eigenvalue weighted by molar-refractivity contribution is 0.407. The van der Waals surface area contributed by atoms with Gasteiger partial charge in [0.1, 0.15) is 34.5 Å². The summed E-state index contributed by atoms with van der Waals surface area (Å²) in [6.45, 7) is 0. The summed E-state index contributed by atoms with van der Waals surface area (Å²) in [6, 6.07) is 14.0. The maximum atomic E-state index is 11.3. The summed E-state index contributed by atoms with van der Waals surface area (Å²) in [5.41, 5.74) is 8.29. The first kappa shape index (κ1) is 22.2. The van der Waals surface area contributed by atoms with E-state index in [-0.39, 0.29) is 23.0 Å². The molecule has 6 heteroatoms.